The Morgan fingerprint density at radius 1 is 1.20 bits per heavy atom. The van der Waals surface area contributed by atoms with Crippen LogP contribution in [0.1, 0.15) is 43.9 Å². The molecule has 0 saturated carbocycles. The summed E-state index contributed by atoms with van der Waals surface area (Å²) in [6, 6.07) is 3.81. The highest BCUT2D eigenvalue weighted by atomic mass is 35.5. The summed E-state index contributed by atoms with van der Waals surface area (Å²) in [5, 5.41) is 0.762. The van der Waals surface area contributed by atoms with Crippen molar-refractivity contribution in [2.75, 3.05) is 7.11 Å². The molecule has 1 rings (SSSR count). The standard InChI is InChI=1S/C12H18ClNO/c1-7(2)9-6-12(15-4)10(8(3)14)5-11(9)13/h5-8H,14H2,1-4H3. The monoisotopic (exact) mass is 227 g/mol. The third kappa shape index (κ3) is 2.64. The van der Waals surface area contributed by atoms with Gasteiger partial charge in [-0.15, -0.1) is 0 Å². The maximum atomic E-state index is 6.19. The molecule has 0 aliphatic rings. The largest absolute Gasteiger partial charge is 0.496 e. The third-order valence-corrected chi connectivity index (χ3v) is 2.79. The highest BCUT2D eigenvalue weighted by molar-refractivity contribution is 6.31. The number of nitrogens with two attached hydrogens (primary N) is 1. The Kier molecular flexibility index (Phi) is 4.00. The number of ether oxygens (including phenoxy) is 1. The van der Waals surface area contributed by atoms with Gasteiger partial charge in [-0.1, -0.05) is 25.4 Å². The number of rotatable bonds is 3. The van der Waals surface area contributed by atoms with Gasteiger partial charge < -0.3 is 10.5 Å². The topological polar surface area (TPSA) is 35.2 Å². The van der Waals surface area contributed by atoms with Gasteiger partial charge in [0.15, 0.2) is 0 Å². The molecule has 2 nitrogen and oxygen atoms in total. The van der Waals surface area contributed by atoms with Crippen LogP contribution in [-0.2, 0) is 0 Å². The van der Waals surface area contributed by atoms with Crippen LogP contribution in [0.4, 0.5) is 0 Å². The quantitative estimate of drug-likeness (QED) is 0.858. The molecule has 15 heavy (non-hydrogen) atoms. The van der Waals surface area contributed by atoms with Gasteiger partial charge in [0.25, 0.3) is 0 Å². The van der Waals surface area contributed by atoms with E-state index in [-0.39, 0.29) is 6.04 Å². The Balaban J connectivity index is 3.29. The van der Waals surface area contributed by atoms with Crippen molar-refractivity contribution in [3.8, 4) is 5.75 Å². The first kappa shape index (κ1) is 12.3. The smallest absolute Gasteiger partial charge is 0.124 e. The Labute approximate surface area is 96.4 Å². The van der Waals surface area contributed by atoms with Crippen LogP contribution < -0.4 is 10.5 Å². The number of hydrogen-bond donors (Lipinski definition) is 1. The fourth-order valence-electron chi connectivity index (χ4n) is 1.56. The van der Waals surface area contributed by atoms with Gasteiger partial charge in [-0.25, -0.2) is 0 Å². The summed E-state index contributed by atoms with van der Waals surface area (Å²) in [6.07, 6.45) is 0. The molecule has 0 bridgehead atoms. The minimum absolute atomic E-state index is 0.0707. The Morgan fingerprint density at radius 3 is 2.20 bits per heavy atom. The average molecular weight is 228 g/mol. The summed E-state index contributed by atoms with van der Waals surface area (Å²) in [7, 11) is 1.65. The van der Waals surface area contributed by atoms with Gasteiger partial charge >= 0.3 is 0 Å². The Morgan fingerprint density at radius 2 is 1.80 bits per heavy atom. The minimum atomic E-state index is -0.0707. The SMILES string of the molecule is COc1cc(C(C)C)c(Cl)cc1C(C)N. The van der Waals surface area contributed by atoms with E-state index in [1.165, 1.54) is 0 Å². The van der Waals surface area contributed by atoms with Crippen LogP contribution in [0.25, 0.3) is 0 Å². The summed E-state index contributed by atoms with van der Waals surface area (Å²) in [5.41, 5.74) is 7.89. The molecule has 0 radical (unpaired) electrons. The fourth-order valence-corrected chi connectivity index (χ4v) is 1.95. The average Bonchev–Trinajstić information content (AvgIpc) is 2.16. The first-order valence-corrected chi connectivity index (χ1v) is 5.48. The van der Waals surface area contributed by atoms with Crippen molar-refractivity contribution in [3.63, 3.8) is 0 Å². The highest BCUT2D eigenvalue weighted by Crippen LogP contribution is 2.33. The van der Waals surface area contributed by atoms with Gasteiger partial charge in [0.1, 0.15) is 5.75 Å². The van der Waals surface area contributed by atoms with Gasteiger partial charge in [-0.2, -0.15) is 0 Å². The van der Waals surface area contributed by atoms with Crippen LogP contribution in [0, 0.1) is 0 Å². The second-order valence-electron chi connectivity index (χ2n) is 4.06. The van der Waals surface area contributed by atoms with E-state index < -0.39 is 0 Å². The second kappa shape index (κ2) is 4.86. The van der Waals surface area contributed by atoms with Crippen molar-refractivity contribution in [1.82, 2.24) is 0 Å². The van der Waals surface area contributed by atoms with E-state index in [0.717, 1.165) is 21.9 Å². The summed E-state index contributed by atoms with van der Waals surface area (Å²) in [5.74, 6) is 1.20. The van der Waals surface area contributed by atoms with Gasteiger partial charge in [0.05, 0.1) is 7.11 Å². The zero-order valence-corrected chi connectivity index (χ0v) is 10.4. The van der Waals surface area contributed by atoms with Crippen molar-refractivity contribution in [2.45, 2.75) is 32.7 Å². The van der Waals surface area contributed by atoms with E-state index in [0.29, 0.717) is 5.92 Å². The predicted molar refractivity (Wildman–Crippen MR) is 64.7 cm³/mol. The van der Waals surface area contributed by atoms with E-state index in [9.17, 15) is 0 Å². The number of halogens is 1. The Bertz CT molecular complexity index is 348. The zero-order valence-electron chi connectivity index (χ0n) is 9.67. The number of hydrogen-bond acceptors (Lipinski definition) is 2. The van der Waals surface area contributed by atoms with Crippen molar-refractivity contribution in [2.24, 2.45) is 5.73 Å². The zero-order chi connectivity index (χ0) is 11.6. The van der Waals surface area contributed by atoms with E-state index in [1.807, 2.05) is 19.1 Å². The molecule has 0 aliphatic carbocycles. The lowest BCUT2D eigenvalue weighted by atomic mass is 9.98. The maximum absolute atomic E-state index is 6.19. The second-order valence-corrected chi connectivity index (χ2v) is 4.47. The maximum Gasteiger partial charge on any atom is 0.124 e. The molecule has 0 aliphatic heterocycles. The summed E-state index contributed by atoms with van der Waals surface area (Å²) in [4.78, 5) is 0. The molecule has 0 amide bonds. The van der Waals surface area contributed by atoms with E-state index in [2.05, 4.69) is 13.8 Å². The Hall–Kier alpha value is -0.730. The lowest BCUT2D eigenvalue weighted by molar-refractivity contribution is 0.406. The molecule has 1 aromatic carbocycles. The van der Waals surface area contributed by atoms with Gasteiger partial charge in [-0.05, 0) is 30.5 Å². The van der Waals surface area contributed by atoms with Gasteiger partial charge in [-0.3, -0.25) is 0 Å². The number of benzene rings is 1. The molecule has 0 spiro atoms. The van der Waals surface area contributed by atoms with E-state index in [4.69, 9.17) is 22.1 Å². The van der Waals surface area contributed by atoms with E-state index >= 15 is 0 Å². The van der Waals surface area contributed by atoms with Gasteiger partial charge in [0.2, 0.25) is 0 Å². The number of methoxy groups -OCH3 is 1. The van der Waals surface area contributed by atoms with Crippen LogP contribution >= 0.6 is 11.6 Å². The normalized spacial score (nSPS) is 13.0. The molecule has 0 heterocycles. The van der Waals surface area contributed by atoms with Crippen molar-refractivity contribution in [3.05, 3.63) is 28.3 Å². The molecule has 0 saturated heterocycles. The fraction of sp³-hybridized carbons (Fsp3) is 0.500. The van der Waals surface area contributed by atoms with Crippen LogP contribution in [-0.4, -0.2) is 7.11 Å². The van der Waals surface area contributed by atoms with Crippen LogP contribution in [0.5, 0.6) is 5.75 Å². The third-order valence-electron chi connectivity index (χ3n) is 2.46. The molecular weight excluding hydrogens is 210 g/mol. The van der Waals surface area contributed by atoms with Crippen molar-refractivity contribution < 1.29 is 4.74 Å². The first-order valence-electron chi connectivity index (χ1n) is 5.10. The minimum Gasteiger partial charge on any atom is -0.496 e. The molecule has 3 heteroatoms. The van der Waals surface area contributed by atoms with E-state index in [1.54, 1.807) is 7.11 Å². The highest BCUT2D eigenvalue weighted by Gasteiger charge is 2.13. The molecule has 1 unspecified atom stereocenters. The molecule has 1 aromatic rings. The predicted octanol–water partition coefficient (Wildman–Crippen LogP) is 3.49. The first-order chi connectivity index (χ1) is 6.97. The van der Waals surface area contributed by atoms with Crippen LogP contribution in [0.3, 0.4) is 0 Å². The lowest BCUT2D eigenvalue weighted by Gasteiger charge is -2.16. The molecular formula is C12H18ClNO. The molecule has 1 atom stereocenters. The van der Waals surface area contributed by atoms with Crippen molar-refractivity contribution in [1.29, 1.82) is 0 Å². The lowest BCUT2D eigenvalue weighted by Crippen LogP contribution is -2.08. The molecule has 0 fully saturated rings. The summed E-state index contributed by atoms with van der Waals surface area (Å²) in [6.45, 7) is 6.13. The molecule has 84 valence electrons. The summed E-state index contributed by atoms with van der Waals surface area (Å²) >= 11 is 6.19. The van der Waals surface area contributed by atoms with Crippen molar-refractivity contribution >= 4 is 11.6 Å². The van der Waals surface area contributed by atoms with Gasteiger partial charge in [0, 0.05) is 16.6 Å². The summed E-state index contributed by atoms with van der Waals surface area (Å²) < 4.78 is 5.31. The van der Waals surface area contributed by atoms with Crippen LogP contribution in [0.15, 0.2) is 12.1 Å². The molecule has 0 aromatic heterocycles. The molecule has 2 N–H and O–H groups in total. The van der Waals surface area contributed by atoms with Crippen LogP contribution in [0.2, 0.25) is 5.02 Å².